The Bertz CT molecular complexity index is 1000. The summed E-state index contributed by atoms with van der Waals surface area (Å²) in [5.41, 5.74) is 3.71. The summed E-state index contributed by atoms with van der Waals surface area (Å²) in [7, 11) is 1.52. The first-order chi connectivity index (χ1) is 11.6. The van der Waals surface area contributed by atoms with Crippen molar-refractivity contribution in [3.05, 3.63) is 69.5 Å². The van der Waals surface area contributed by atoms with Crippen LogP contribution in [0.25, 0.3) is 10.9 Å². The molecular formula is C19H17N3O2. The van der Waals surface area contributed by atoms with Crippen molar-refractivity contribution in [3.8, 4) is 11.8 Å². The minimum Gasteiger partial charge on any atom is -0.495 e. The number of rotatable bonds is 4. The van der Waals surface area contributed by atoms with Gasteiger partial charge in [-0.3, -0.25) is 4.79 Å². The average Bonchev–Trinajstić information content (AvgIpc) is 2.60. The summed E-state index contributed by atoms with van der Waals surface area (Å²) in [4.78, 5) is 15.2. The summed E-state index contributed by atoms with van der Waals surface area (Å²) >= 11 is 0. The Morgan fingerprint density at radius 3 is 2.83 bits per heavy atom. The summed E-state index contributed by atoms with van der Waals surface area (Å²) < 4.78 is 5.19. The molecule has 0 spiro atoms. The van der Waals surface area contributed by atoms with E-state index in [0.29, 0.717) is 23.4 Å². The minimum absolute atomic E-state index is 0.107. The zero-order valence-corrected chi connectivity index (χ0v) is 13.5. The predicted molar refractivity (Wildman–Crippen MR) is 94.3 cm³/mol. The average molecular weight is 319 g/mol. The highest BCUT2D eigenvalue weighted by Crippen LogP contribution is 2.23. The number of hydrogen-bond donors (Lipinski definition) is 2. The van der Waals surface area contributed by atoms with Gasteiger partial charge in [0.15, 0.2) is 0 Å². The summed E-state index contributed by atoms with van der Waals surface area (Å²) in [6, 6.07) is 15.1. The first-order valence-electron chi connectivity index (χ1n) is 7.56. The molecule has 0 radical (unpaired) electrons. The maximum Gasteiger partial charge on any atom is 0.253 e. The number of nitrogens with one attached hydrogen (secondary N) is 2. The summed E-state index contributed by atoms with van der Waals surface area (Å²) in [6.07, 6.45) is 0. The van der Waals surface area contributed by atoms with Crippen LogP contribution < -0.4 is 15.6 Å². The fourth-order valence-corrected chi connectivity index (χ4v) is 2.65. The van der Waals surface area contributed by atoms with Crippen LogP contribution in [-0.4, -0.2) is 12.1 Å². The molecule has 0 aliphatic carbocycles. The Morgan fingerprint density at radius 1 is 1.25 bits per heavy atom. The molecule has 0 fully saturated rings. The number of fused-ring (bicyclic) bond motifs is 1. The van der Waals surface area contributed by atoms with Gasteiger partial charge in [0.1, 0.15) is 11.8 Å². The number of H-pyrrole nitrogens is 1. The smallest absolute Gasteiger partial charge is 0.253 e. The molecule has 24 heavy (non-hydrogen) atoms. The Kier molecular flexibility index (Phi) is 4.21. The summed E-state index contributed by atoms with van der Waals surface area (Å²) in [5.74, 6) is 0.505. The quantitative estimate of drug-likeness (QED) is 0.773. The van der Waals surface area contributed by atoms with Gasteiger partial charge in [0.25, 0.3) is 5.56 Å². The van der Waals surface area contributed by atoms with Gasteiger partial charge in [0, 0.05) is 23.9 Å². The number of ether oxygens (including phenoxy) is 1. The van der Waals surface area contributed by atoms with E-state index in [-0.39, 0.29) is 5.56 Å². The topological polar surface area (TPSA) is 77.9 Å². The normalized spacial score (nSPS) is 10.4. The number of benzene rings is 2. The third-order valence-electron chi connectivity index (χ3n) is 3.97. The van der Waals surface area contributed by atoms with E-state index >= 15 is 0 Å². The summed E-state index contributed by atoms with van der Waals surface area (Å²) in [6.45, 7) is 2.35. The number of aromatic nitrogens is 1. The predicted octanol–water partition coefficient (Wildman–Crippen LogP) is 3.33. The number of methoxy groups -OCH3 is 1. The van der Waals surface area contributed by atoms with Gasteiger partial charge in [-0.05, 0) is 36.1 Å². The lowest BCUT2D eigenvalue weighted by atomic mass is 10.1. The number of hydrogen-bond acceptors (Lipinski definition) is 4. The van der Waals surface area contributed by atoms with Crippen LogP contribution in [0.15, 0.2) is 47.3 Å². The number of pyridine rings is 1. The number of nitrogens with zero attached hydrogens (tertiary/aromatic N) is 1. The van der Waals surface area contributed by atoms with Crippen molar-refractivity contribution in [2.45, 2.75) is 13.5 Å². The third-order valence-corrected chi connectivity index (χ3v) is 3.97. The maximum absolute atomic E-state index is 12.3. The molecule has 5 heteroatoms. The van der Waals surface area contributed by atoms with Crippen LogP contribution >= 0.6 is 0 Å². The van der Waals surface area contributed by atoms with Gasteiger partial charge in [0.2, 0.25) is 0 Å². The molecule has 0 amide bonds. The van der Waals surface area contributed by atoms with Gasteiger partial charge >= 0.3 is 0 Å². The monoisotopic (exact) mass is 319 g/mol. The second-order valence-corrected chi connectivity index (χ2v) is 5.54. The molecule has 3 aromatic rings. The van der Waals surface area contributed by atoms with Gasteiger partial charge in [-0.25, -0.2) is 0 Å². The Morgan fingerprint density at radius 2 is 2.08 bits per heavy atom. The van der Waals surface area contributed by atoms with Crippen LogP contribution in [0, 0.1) is 18.3 Å². The second kappa shape index (κ2) is 6.47. The molecule has 2 N–H and O–H groups in total. The molecule has 0 aliphatic heterocycles. The molecule has 0 atom stereocenters. The number of aromatic amines is 1. The maximum atomic E-state index is 12.3. The molecule has 3 rings (SSSR count). The highest BCUT2D eigenvalue weighted by molar-refractivity contribution is 5.82. The zero-order valence-electron chi connectivity index (χ0n) is 13.5. The van der Waals surface area contributed by atoms with Gasteiger partial charge in [-0.2, -0.15) is 5.26 Å². The van der Waals surface area contributed by atoms with Crippen LogP contribution in [0.5, 0.6) is 5.75 Å². The van der Waals surface area contributed by atoms with Crippen LogP contribution in [0.4, 0.5) is 5.69 Å². The lowest BCUT2D eigenvalue weighted by Gasteiger charge is -2.10. The fourth-order valence-electron chi connectivity index (χ4n) is 2.65. The third kappa shape index (κ3) is 2.95. The van der Waals surface area contributed by atoms with Crippen molar-refractivity contribution in [2.75, 3.05) is 12.4 Å². The van der Waals surface area contributed by atoms with Crippen molar-refractivity contribution in [2.24, 2.45) is 0 Å². The standard InChI is InChI=1S/C19H17N3O2/c1-12-4-3-5-13-8-15(19(23)22-18(12)13)11-21-16-7-6-14(10-20)17(9-16)24-2/h3-9,21H,11H2,1-2H3,(H,22,23). The van der Waals surface area contributed by atoms with E-state index in [1.807, 2.05) is 31.2 Å². The largest absolute Gasteiger partial charge is 0.495 e. The van der Waals surface area contributed by atoms with E-state index in [9.17, 15) is 4.79 Å². The van der Waals surface area contributed by atoms with E-state index in [4.69, 9.17) is 10.00 Å². The second-order valence-electron chi connectivity index (χ2n) is 5.54. The van der Waals surface area contributed by atoms with Gasteiger partial charge in [-0.1, -0.05) is 18.2 Å². The molecule has 0 saturated heterocycles. The van der Waals surface area contributed by atoms with Crippen LogP contribution in [-0.2, 0) is 6.54 Å². The highest BCUT2D eigenvalue weighted by Gasteiger charge is 2.07. The Hall–Kier alpha value is -3.26. The first kappa shape index (κ1) is 15.6. The van der Waals surface area contributed by atoms with E-state index in [1.165, 1.54) is 7.11 Å². The van der Waals surface area contributed by atoms with Crippen molar-refractivity contribution in [1.82, 2.24) is 4.98 Å². The van der Waals surface area contributed by atoms with Crippen molar-refractivity contribution < 1.29 is 4.74 Å². The van der Waals surface area contributed by atoms with Crippen LogP contribution in [0.2, 0.25) is 0 Å². The number of aryl methyl sites for hydroxylation is 1. The fraction of sp³-hybridized carbons (Fsp3) is 0.158. The van der Waals surface area contributed by atoms with Crippen LogP contribution in [0.3, 0.4) is 0 Å². The van der Waals surface area contributed by atoms with E-state index in [0.717, 1.165) is 22.2 Å². The van der Waals surface area contributed by atoms with E-state index in [1.54, 1.807) is 18.2 Å². The SMILES string of the molecule is COc1cc(NCc2cc3cccc(C)c3[nH]c2=O)ccc1C#N. The highest BCUT2D eigenvalue weighted by atomic mass is 16.5. The number of nitriles is 1. The molecule has 5 nitrogen and oxygen atoms in total. The lowest BCUT2D eigenvalue weighted by molar-refractivity contribution is 0.413. The summed E-state index contributed by atoms with van der Waals surface area (Å²) in [5, 5.41) is 13.2. The molecule has 0 aliphatic rings. The molecule has 1 aromatic heterocycles. The zero-order chi connectivity index (χ0) is 17.1. The minimum atomic E-state index is -0.107. The van der Waals surface area contributed by atoms with Gasteiger partial charge < -0.3 is 15.0 Å². The van der Waals surface area contributed by atoms with Crippen LogP contribution in [0.1, 0.15) is 16.7 Å². The van der Waals surface area contributed by atoms with Crippen molar-refractivity contribution in [1.29, 1.82) is 5.26 Å². The Labute approximate surface area is 139 Å². The lowest BCUT2D eigenvalue weighted by Crippen LogP contribution is -2.16. The molecule has 0 saturated carbocycles. The Balaban J connectivity index is 1.87. The molecular weight excluding hydrogens is 302 g/mol. The van der Waals surface area contributed by atoms with Crippen molar-refractivity contribution >= 4 is 16.6 Å². The molecule has 1 heterocycles. The number of anilines is 1. The van der Waals surface area contributed by atoms with E-state index in [2.05, 4.69) is 16.4 Å². The number of para-hydroxylation sites is 1. The molecule has 2 aromatic carbocycles. The van der Waals surface area contributed by atoms with Gasteiger partial charge in [0.05, 0.1) is 18.2 Å². The van der Waals surface area contributed by atoms with Gasteiger partial charge in [-0.15, -0.1) is 0 Å². The van der Waals surface area contributed by atoms with E-state index < -0.39 is 0 Å². The molecule has 0 bridgehead atoms. The first-order valence-corrected chi connectivity index (χ1v) is 7.56. The van der Waals surface area contributed by atoms with Crippen molar-refractivity contribution in [3.63, 3.8) is 0 Å². The molecule has 120 valence electrons. The molecule has 0 unspecified atom stereocenters.